The zero-order valence-corrected chi connectivity index (χ0v) is 17.0. The van der Waals surface area contributed by atoms with Crippen LogP contribution < -0.4 is 14.8 Å². The van der Waals surface area contributed by atoms with Crippen LogP contribution in [0.25, 0.3) is 0 Å². The van der Waals surface area contributed by atoms with Crippen LogP contribution in [0.1, 0.15) is 50.8 Å². The maximum atomic E-state index is 12.9. The van der Waals surface area contributed by atoms with E-state index < -0.39 is 6.10 Å². The zero-order valence-electron chi connectivity index (χ0n) is 16.2. The highest BCUT2D eigenvalue weighted by molar-refractivity contribution is 6.32. The number of ether oxygens (including phenoxy) is 2. The number of benzene rings is 2. The van der Waals surface area contributed by atoms with Crippen molar-refractivity contribution < 1.29 is 14.3 Å². The van der Waals surface area contributed by atoms with Gasteiger partial charge in [-0.25, -0.2) is 0 Å². The fourth-order valence-electron chi connectivity index (χ4n) is 3.38. The summed E-state index contributed by atoms with van der Waals surface area (Å²) in [7, 11) is 0. The first-order valence-electron chi connectivity index (χ1n) is 9.30. The van der Waals surface area contributed by atoms with Crippen LogP contribution in [0.5, 0.6) is 11.5 Å². The fraction of sp³-hybridized carbons (Fsp3) is 0.409. The zero-order chi connectivity index (χ0) is 19.6. The van der Waals surface area contributed by atoms with Gasteiger partial charge in [-0.2, -0.15) is 0 Å². The molecule has 144 valence electrons. The number of aryl methyl sites for hydroxylation is 1. The Balaban J connectivity index is 1.80. The van der Waals surface area contributed by atoms with Crippen molar-refractivity contribution in [3.8, 4) is 11.5 Å². The number of halogens is 1. The van der Waals surface area contributed by atoms with Gasteiger partial charge in [0.05, 0.1) is 11.1 Å². The molecule has 1 aliphatic heterocycles. The number of carbonyl (C=O) groups is 1. The average Bonchev–Trinajstić information content (AvgIpc) is 2.61. The SMILES string of the molecule is CC[C@@H](Oc1ccccc1Cl)C(=O)N[C@H]1CC(C)(C)Oc2ccc(C)cc21. The first-order chi connectivity index (χ1) is 12.8. The first-order valence-corrected chi connectivity index (χ1v) is 9.68. The largest absolute Gasteiger partial charge is 0.487 e. The van der Waals surface area contributed by atoms with E-state index in [0.29, 0.717) is 23.6 Å². The van der Waals surface area contributed by atoms with Crippen LogP contribution in [-0.4, -0.2) is 17.6 Å². The first kappa shape index (κ1) is 19.6. The molecule has 1 aliphatic rings. The molecule has 1 heterocycles. The molecule has 1 amide bonds. The second kappa shape index (κ2) is 7.81. The van der Waals surface area contributed by atoms with Crippen LogP contribution in [0.4, 0.5) is 0 Å². The molecular weight excluding hydrogens is 362 g/mol. The van der Waals surface area contributed by atoms with Crippen LogP contribution in [0, 0.1) is 6.92 Å². The number of rotatable bonds is 5. The van der Waals surface area contributed by atoms with Crippen molar-refractivity contribution in [2.24, 2.45) is 0 Å². The smallest absolute Gasteiger partial charge is 0.261 e. The van der Waals surface area contributed by atoms with Gasteiger partial charge in [-0.3, -0.25) is 4.79 Å². The molecule has 1 N–H and O–H groups in total. The maximum Gasteiger partial charge on any atom is 0.261 e. The quantitative estimate of drug-likeness (QED) is 0.764. The Hall–Kier alpha value is -2.20. The standard InChI is InChI=1S/C22H26ClNO3/c1-5-18(26-20-9-7-6-8-16(20)23)21(25)24-17-13-22(3,4)27-19-11-10-14(2)12-15(17)19/h6-12,17-18H,5,13H2,1-4H3,(H,24,25)/t17-,18+/m0/s1. The normalized spacial score (nSPS) is 18.8. The van der Waals surface area contributed by atoms with Crippen molar-refractivity contribution in [2.45, 2.75) is 58.3 Å². The molecule has 3 rings (SSSR count). The second-order valence-electron chi connectivity index (χ2n) is 7.61. The Bertz CT molecular complexity index is 834. The Morgan fingerprint density at radius 2 is 2.07 bits per heavy atom. The van der Waals surface area contributed by atoms with Crippen LogP contribution in [0.3, 0.4) is 0 Å². The molecule has 0 aromatic heterocycles. The summed E-state index contributed by atoms with van der Waals surface area (Å²) in [5.41, 5.74) is 1.79. The van der Waals surface area contributed by atoms with E-state index in [4.69, 9.17) is 21.1 Å². The summed E-state index contributed by atoms with van der Waals surface area (Å²) in [5.74, 6) is 1.19. The molecule has 0 saturated heterocycles. The summed E-state index contributed by atoms with van der Waals surface area (Å²) in [6, 6.07) is 13.1. The van der Waals surface area contributed by atoms with Crippen molar-refractivity contribution in [3.05, 3.63) is 58.6 Å². The van der Waals surface area contributed by atoms with Crippen LogP contribution in [0.15, 0.2) is 42.5 Å². The molecule has 27 heavy (non-hydrogen) atoms. The van der Waals surface area contributed by atoms with E-state index in [0.717, 1.165) is 16.9 Å². The Kier molecular flexibility index (Phi) is 5.66. The van der Waals surface area contributed by atoms with Gasteiger partial charge < -0.3 is 14.8 Å². The third kappa shape index (κ3) is 4.56. The van der Waals surface area contributed by atoms with Gasteiger partial charge in [0, 0.05) is 12.0 Å². The summed E-state index contributed by atoms with van der Waals surface area (Å²) in [6.45, 7) is 8.03. The molecule has 4 nitrogen and oxygen atoms in total. The van der Waals surface area contributed by atoms with Gasteiger partial charge in [0.25, 0.3) is 5.91 Å². The van der Waals surface area contributed by atoms with E-state index >= 15 is 0 Å². The third-order valence-corrected chi connectivity index (χ3v) is 5.02. The lowest BCUT2D eigenvalue weighted by atomic mass is 9.88. The van der Waals surface area contributed by atoms with Crippen LogP contribution in [-0.2, 0) is 4.79 Å². The van der Waals surface area contributed by atoms with Crippen LogP contribution >= 0.6 is 11.6 Å². The topological polar surface area (TPSA) is 47.6 Å². The second-order valence-corrected chi connectivity index (χ2v) is 8.02. The van der Waals surface area contributed by atoms with Gasteiger partial charge in [0.15, 0.2) is 6.10 Å². The minimum Gasteiger partial charge on any atom is -0.487 e. The van der Waals surface area contributed by atoms with Gasteiger partial charge in [-0.1, -0.05) is 48.4 Å². The fourth-order valence-corrected chi connectivity index (χ4v) is 3.56. The van der Waals surface area contributed by atoms with Gasteiger partial charge in [0.1, 0.15) is 17.1 Å². The number of fused-ring (bicyclic) bond motifs is 1. The lowest BCUT2D eigenvalue weighted by Gasteiger charge is -2.38. The maximum absolute atomic E-state index is 12.9. The molecule has 0 spiro atoms. The molecule has 5 heteroatoms. The molecule has 2 aromatic rings. The summed E-state index contributed by atoms with van der Waals surface area (Å²) in [6.07, 6.45) is 0.631. The molecule has 0 unspecified atom stereocenters. The van der Waals surface area contributed by atoms with E-state index in [1.165, 1.54) is 0 Å². The van der Waals surface area contributed by atoms with Gasteiger partial charge in [-0.15, -0.1) is 0 Å². The minimum atomic E-state index is -0.607. The number of nitrogens with one attached hydrogen (secondary N) is 1. The molecular formula is C22H26ClNO3. The predicted octanol–water partition coefficient (Wildman–Crippen LogP) is 5.22. The highest BCUT2D eigenvalue weighted by Gasteiger charge is 2.35. The van der Waals surface area contributed by atoms with E-state index in [-0.39, 0.29) is 17.6 Å². The molecule has 0 saturated carbocycles. The van der Waals surface area contributed by atoms with Crippen molar-refractivity contribution >= 4 is 17.5 Å². The van der Waals surface area contributed by atoms with E-state index in [1.807, 2.05) is 52.0 Å². The molecule has 2 atom stereocenters. The van der Waals surface area contributed by atoms with Crippen molar-refractivity contribution in [3.63, 3.8) is 0 Å². The highest BCUT2D eigenvalue weighted by atomic mass is 35.5. The van der Waals surface area contributed by atoms with Crippen molar-refractivity contribution in [2.75, 3.05) is 0 Å². The molecule has 0 radical (unpaired) electrons. The number of hydrogen-bond donors (Lipinski definition) is 1. The summed E-state index contributed by atoms with van der Waals surface area (Å²) >= 11 is 6.17. The monoisotopic (exact) mass is 387 g/mol. The number of carbonyl (C=O) groups excluding carboxylic acids is 1. The minimum absolute atomic E-state index is 0.125. The van der Waals surface area contributed by atoms with Crippen LogP contribution in [0.2, 0.25) is 5.02 Å². The Morgan fingerprint density at radius 3 is 2.78 bits per heavy atom. The molecule has 0 fully saturated rings. The number of para-hydroxylation sites is 1. The van der Waals surface area contributed by atoms with Gasteiger partial charge >= 0.3 is 0 Å². The highest BCUT2D eigenvalue weighted by Crippen LogP contribution is 2.40. The number of hydrogen-bond acceptors (Lipinski definition) is 3. The average molecular weight is 388 g/mol. The van der Waals surface area contributed by atoms with Crippen molar-refractivity contribution in [1.29, 1.82) is 0 Å². The number of amides is 1. The van der Waals surface area contributed by atoms with Crippen molar-refractivity contribution in [1.82, 2.24) is 5.32 Å². The molecule has 0 bridgehead atoms. The van der Waals surface area contributed by atoms with Gasteiger partial charge in [-0.05, 0) is 45.4 Å². The Labute approximate surface area is 165 Å². The van der Waals surface area contributed by atoms with Gasteiger partial charge in [0.2, 0.25) is 0 Å². The van der Waals surface area contributed by atoms with E-state index in [9.17, 15) is 4.79 Å². The third-order valence-electron chi connectivity index (χ3n) is 4.71. The lowest BCUT2D eigenvalue weighted by Crippen LogP contribution is -2.45. The van der Waals surface area contributed by atoms with E-state index in [1.54, 1.807) is 12.1 Å². The summed E-state index contributed by atoms with van der Waals surface area (Å²) < 4.78 is 12.0. The Morgan fingerprint density at radius 1 is 1.33 bits per heavy atom. The molecule has 2 aromatic carbocycles. The summed E-state index contributed by atoms with van der Waals surface area (Å²) in [5, 5.41) is 3.66. The van der Waals surface area contributed by atoms with E-state index in [2.05, 4.69) is 11.4 Å². The summed E-state index contributed by atoms with van der Waals surface area (Å²) in [4.78, 5) is 12.9. The molecule has 0 aliphatic carbocycles. The predicted molar refractivity (Wildman–Crippen MR) is 108 cm³/mol. The lowest BCUT2D eigenvalue weighted by molar-refractivity contribution is -0.129.